The van der Waals surface area contributed by atoms with Crippen molar-refractivity contribution in [3.8, 4) is 0 Å². The Morgan fingerprint density at radius 2 is 2.35 bits per heavy atom. The average molecular weight is 233 g/mol. The Balaban J connectivity index is 2.02. The van der Waals surface area contributed by atoms with E-state index in [0.29, 0.717) is 0 Å². The Kier molecular flexibility index (Phi) is 3.79. The third-order valence-electron chi connectivity index (χ3n) is 3.82. The van der Waals surface area contributed by atoms with E-state index >= 15 is 0 Å². The summed E-state index contributed by atoms with van der Waals surface area (Å²) in [7, 11) is 0. The molecule has 2 rings (SSSR count). The topological polar surface area (TPSA) is 28.2 Å². The molecule has 0 bridgehead atoms. The van der Waals surface area contributed by atoms with Gasteiger partial charge in [-0.2, -0.15) is 0 Å². The molecule has 1 aliphatic rings. The number of rotatable bonds is 3. The molecule has 0 radical (unpaired) electrons. The predicted octanol–water partition coefficient (Wildman–Crippen LogP) is 1.96. The van der Waals surface area contributed by atoms with E-state index < -0.39 is 0 Å². The summed E-state index contributed by atoms with van der Waals surface area (Å²) < 4.78 is 0. The monoisotopic (exact) mass is 233 g/mol. The van der Waals surface area contributed by atoms with E-state index in [1.165, 1.54) is 17.7 Å². The minimum absolute atomic E-state index is 0.265. The van der Waals surface area contributed by atoms with Crippen molar-refractivity contribution in [1.29, 1.82) is 0 Å². The fourth-order valence-corrected chi connectivity index (χ4v) is 2.41. The molecule has 0 spiro atoms. The molecule has 3 nitrogen and oxygen atoms in total. The smallest absolute Gasteiger partial charge is 0.0573 e. The molecule has 3 heteroatoms. The van der Waals surface area contributed by atoms with Crippen LogP contribution in [0.2, 0.25) is 0 Å². The molecule has 1 fully saturated rings. The highest BCUT2D eigenvalue weighted by molar-refractivity contribution is 5.17. The van der Waals surface area contributed by atoms with Gasteiger partial charge in [-0.25, -0.2) is 0 Å². The Morgan fingerprint density at radius 1 is 1.53 bits per heavy atom. The minimum atomic E-state index is 0.265. The normalized spacial score (nSPS) is 26.1. The molecule has 1 aliphatic heterocycles. The van der Waals surface area contributed by atoms with Crippen LogP contribution in [0.3, 0.4) is 0 Å². The highest BCUT2D eigenvalue weighted by Crippen LogP contribution is 2.17. The summed E-state index contributed by atoms with van der Waals surface area (Å²) in [6, 6.07) is 4.15. The Morgan fingerprint density at radius 3 is 3.06 bits per heavy atom. The molecule has 1 atom stereocenters. The van der Waals surface area contributed by atoms with Gasteiger partial charge in [-0.1, -0.05) is 13.0 Å². The van der Waals surface area contributed by atoms with E-state index in [1.54, 1.807) is 0 Å². The lowest BCUT2D eigenvalue weighted by Crippen LogP contribution is -2.58. The molecule has 0 aromatic carbocycles. The van der Waals surface area contributed by atoms with Crippen LogP contribution in [0.5, 0.6) is 0 Å². The van der Waals surface area contributed by atoms with E-state index in [9.17, 15) is 0 Å². The van der Waals surface area contributed by atoms with Crippen LogP contribution < -0.4 is 5.32 Å². The summed E-state index contributed by atoms with van der Waals surface area (Å²) in [4.78, 5) is 6.99. The number of nitrogens with zero attached hydrogens (tertiary/aromatic N) is 2. The summed E-state index contributed by atoms with van der Waals surface area (Å²) in [5, 5.41) is 3.61. The van der Waals surface area contributed by atoms with Crippen LogP contribution in [0, 0.1) is 6.92 Å². The highest BCUT2D eigenvalue weighted by atomic mass is 15.2. The first-order chi connectivity index (χ1) is 8.13. The lowest BCUT2D eigenvalue weighted by Gasteiger charge is -2.41. The van der Waals surface area contributed by atoms with Crippen molar-refractivity contribution in [2.75, 3.05) is 19.6 Å². The van der Waals surface area contributed by atoms with Crippen LogP contribution in [0.1, 0.15) is 31.5 Å². The zero-order chi connectivity index (χ0) is 12.3. The maximum Gasteiger partial charge on any atom is 0.0573 e. The zero-order valence-electron chi connectivity index (χ0n) is 11.2. The molecule has 1 aromatic rings. The van der Waals surface area contributed by atoms with Crippen LogP contribution in [-0.4, -0.2) is 35.1 Å². The van der Waals surface area contributed by atoms with Crippen molar-refractivity contribution >= 4 is 0 Å². The number of nitrogens with one attached hydrogen (secondary N) is 1. The molecular weight excluding hydrogens is 210 g/mol. The third kappa shape index (κ3) is 3.05. The average Bonchev–Trinajstić information content (AvgIpc) is 2.32. The maximum absolute atomic E-state index is 4.48. The van der Waals surface area contributed by atoms with Gasteiger partial charge in [0.05, 0.1) is 5.69 Å². The Labute approximate surface area is 104 Å². The number of aryl methyl sites for hydroxylation is 1. The maximum atomic E-state index is 4.48. The number of pyridine rings is 1. The van der Waals surface area contributed by atoms with Gasteiger partial charge in [-0.05, 0) is 31.9 Å². The zero-order valence-corrected chi connectivity index (χ0v) is 11.2. The van der Waals surface area contributed by atoms with Gasteiger partial charge < -0.3 is 5.32 Å². The van der Waals surface area contributed by atoms with Crippen molar-refractivity contribution in [2.45, 2.75) is 39.3 Å². The third-order valence-corrected chi connectivity index (χ3v) is 3.82. The van der Waals surface area contributed by atoms with E-state index in [4.69, 9.17) is 0 Å². The first kappa shape index (κ1) is 12.5. The lowest BCUT2D eigenvalue weighted by molar-refractivity contribution is 0.132. The quantitative estimate of drug-likeness (QED) is 0.865. The fraction of sp³-hybridized carbons (Fsp3) is 0.643. The van der Waals surface area contributed by atoms with Crippen molar-refractivity contribution in [3.63, 3.8) is 0 Å². The van der Waals surface area contributed by atoms with Gasteiger partial charge in [-0.15, -0.1) is 0 Å². The molecule has 0 saturated carbocycles. The summed E-state index contributed by atoms with van der Waals surface area (Å²) >= 11 is 0. The molecule has 1 saturated heterocycles. The van der Waals surface area contributed by atoms with Crippen LogP contribution in [-0.2, 0) is 6.54 Å². The summed E-state index contributed by atoms with van der Waals surface area (Å²) in [6.07, 6.45) is 3.06. The molecule has 17 heavy (non-hydrogen) atoms. The second-order valence-corrected chi connectivity index (χ2v) is 5.32. The van der Waals surface area contributed by atoms with Crippen LogP contribution >= 0.6 is 0 Å². The standard InChI is InChI=1S/C14H23N3/c1-4-14(3)11-17(9-8-16-14)10-13-12(2)6-5-7-15-13/h5-7,16H,4,8-11H2,1-3H3. The largest absolute Gasteiger partial charge is 0.309 e. The number of aromatic nitrogens is 1. The number of hydrogen-bond donors (Lipinski definition) is 1. The van der Waals surface area contributed by atoms with Crippen LogP contribution in [0.4, 0.5) is 0 Å². The van der Waals surface area contributed by atoms with E-state index in [0.717, 1.165) is 26.2 Å². The van der Waals surface area contributed by atoms with E-state index in [2.05, 4.69) is 42.0 Å². The van der Waals surface area contributed by atoms with Crippen molar-refractivity contribution in [2.24, 2.45) is 0 Å². The first-order valence-electron chi connectivity index (χ1n) is 6.51. The fourth-order valence-electron chi connectivity index (χ4n) is 2.41. The molecule has 1 unspecified atom stereocenters. The molecular formula is C14H23N3. The van der Waals surface area contributed by atoms with Crippen molar-refractivity contribution in [3.05, 3.63) is 29.6 Å². The molecule has 1 N–H and O–H groups in total. The summed E-state index contributed by atoms with van der Waals surface area (Å²) in [5.41, 5.74) is 2.78. The number of hydrogen-bond acceptors (Lipinski definition) is 3. The van der Waals surface area contributed by atoms with E-state index in [1.807, 2.05) is 12.3 Å². The van der Waals surface area contributed by atoms with Gasteiger partial charge in [0, 0.05) is 37.9 Å². The second kappa shape index (κ2) is 5.15. The summed E-state index contributed by atoms with van der Waals surface area (Å²) in [5.74, 6) is 0. The van der Waals surface area contributed by atoms with Gasteiger partial charge in [0.2, 0.25) is 0 Å². The first-order valence-corrected chi connectivity index (χ1v) is 6.51. The van der Waals surface area contributed by atoms with Crippen LogP contribution in [0.15, 0.2) is 18.3 Å². The van der Waals surface area contributed by atoms with Crippen molar-refractivity contribution in [1.82, 2.24) is 15.2 Å². The molecule has 1 aromatic heterocycles. The van der Waals surface area contributed by atoms with Crippen LogP contribution in [0.25, 0.3) is 0 Å². The molecule has 94 valence electrons. The van der Waals surface area contributed by atoms with Gasteiger partial charge in [0.25, 0.3) is 0 Å². The molecule has 2 heterocycles. The minimum Gasteiger partial charge on any atom is -0.309 e. The Bertz CT molecular complexity index is 377. The van der Waals surface area contributed by atoms with Gasteiger partial charge in [-0.3, -0.25) is 9.88 Å². The van der Waals surface area contributed by atoms with Crippen molar-refractivity contribution < 1.29 is 0 Å². The number of piperazine rings is 1. The molecule has 0 aliphatic carbocycles. The molecule has 0 amide bonds. The van der Waals surface area contributed by atoms with Gasteiger partial charge in [0.1, 0.15) is 0 Å². The van der Waals surface area contributed by atoms with Gasteiger partial charge in [0.15, 0.2) is 0 Å². The van der Waals surface area contributed by atoms with Gasteiger partial charge >= 0.3 is 0 Å². The lowest BCUT2D eigenvalue weighted by atomic mass is 9.95. The SMILES string of the molecule is CCC1(C)CN(Cc2ncccc2C)CCN1. The summed E-state index contributed by atoms with van der Waals surface area (Å²) in [6.45, 7) is 11.0. The highest BCUT2D eigenvalue weighted by Gasteiger charge is 2.28. The predicted molar refractivity (Wildman–Crippen MR) is 70.9 cm³/mol. The second-order valence-electron chi connectivity index (χ2n) is 5.32. The van der Waals surface area contributed by atoms with E-state index in [-0.39, 0.29) is 5.54 Å². The Hall–Kier alpha value is -0.930.